The van der Waals surface area contributed by atoms with E-state index in [0.717, 1.165) is 28.2 Å². The van der Waals surface area contributed by atoms with Gasteiger partial charge in [-0.1, -0.05) is 12.1 Å². The van der Waals surface area contributed by atoms with E-state index >= 15 is 0 Å². The molecule has 3 aromatic heterocycles. The second-order valence-electron chi connectivity index (χ2n) is 5.21. The van der Waals surface area contributed by atoms with Crippen LogP contribution in [0.5, 0.6) is 0 Å². The van der Waals surface area contributed by atoms with Crippen molar-refractivity contribution in [2.24, 2.45) is 0 Å². The SMILES string of the molecule is Cl.c1coc(CNc2nc(Nc3ccncc3)nc3ccccc23)c1. The zero-order valence-electron chi connectivity index (χ0n) is 13.2. The van der Waals surface area contributed by atoms with Gasteiger partial charge in [0.1, 0.15) is 11.6 Å². The highest BCUT2D eigenvalue weighted by Gasteiger charge is 2.08. The van der Waals surface area contributed by atoms with Crippen molar-refractivity contribution in [3.05, 3.63) is 72.9 Å². The number of halogens is 1. The number of fused-ring (bicyclic) bond motifs is 1. The molecule has 0 fully saturated rings. The summed E-state index contributed by atoms with van der Waals surface area (Å²) >= 11 is 0. The van der Waals surface area contributed by atoms with E-state index in [4.69, 9.17) is 4.42 Å². The summed E-state index contributed by atoms with van der Waals surface area (Å²) in [5, 5.41) is 7.49. The van der Waals surface area contributed by atoms with E-state index < -0.39 is 0 Å². The monoisotopic (exact) mass is 353 g/mol. The van der Waals surface area contributed by atoms with Gasteiger partial charge in [0.15, 0.2) is 0 Å². The van der Waals surface area contributed by atoms with Crippen molar-refractivity contribution in [2.45, 2.75) is 6.54 Å². The van der Waals surface area contributed by atoms with Gasteiger partial charge in [-0.3, -0.25) is 4.98 Å². The van der Waals surface area contributed by atoms with E-state index in [2.05, 4.69) is 25.6 Å². The summed E-state index contributed by atoms with van der Waals surface area (Å²) in [5.41, 5.74) is 1.75. The maximum atomic E-state index is 5.36. The molecule has 0 bridgehead atoms. The molecule has 0 aliphatic carbocycles. The molecule has 0 saturated heterocycles. The van der Waals surface area contributed by atoms with E-state index in [1.807, 2.05) is 48.5 Å². The molecular weight excluding hydrogens is 338 g/mol. The number of pyridine rings is 1. The number of nitrogens with one attached hydrogen (secondary N) is 2. The van der Waals surface area contributed by atoms with Gasteiger partial charge in [-0.05, 0) is 36.4 Å². The molecule has 4 rings (SSSR count). The van der Waals surface area contributed by atoms with Crippen molar-refractivity contribution >= 4 is 40.8 Å². The Morgan fingerprint density at radius 1 is 0.920 bits per heavy atom. The Bertz CT molecular complexity index is 944. The maximum Gasteiger partial charge on any atom is 0.229 e. The van der Waals surface area contributed by atoms with Gasteiger partial charge in [-0.15, -0.1) is 12.4 Å². The molecule has 25 heavy (non-hydrogen) atoms. The maximum absolute atomic E-state index is 5.36. The number of rotatable bonds is 5. The molecule has 0 unspecified atom stereocenters. The summed E-state index contributed by atoms with van der Waals surface area (Å²) in [4.78, 5) is 13.2. The third kappa shape index (κ3) is 3.87. The van der Waals surface area contributed by atoms with Gasteiger partial charge in [0.05, 0.1) is 18.3 Å². The lowest BCUT2D eigenvalue weighted by Gasteiger charge is -2.11. The molecule has 0 atom stereocenters. The van der Waals surface area contributed by atoms with Crippen molar-refractivity contribution in [1.82, 2.24) is 15.0 Å². The summed E-state index contributed by atoms with van der Waals surface area (Å²) in [7, 11) is 0. The highest BCUT2D eigenvalue weighted by Crippen LogP contribution is 2.23. The smallest absolute Gasteiger partial charge is 0.229 e. The highest BCUT2D eigenvalue weighted by molar-refractivity contribution is 5.90. The van der Waals surface area contributed by atoms with Gasteiger partial charge in [0.25, 0.3) is 0 Å². The standard InChI is InChI=1S/C18H15N5O.ClH/c1-2-6-16-15(5-1)17(20-12-14-4-3-11-24-14)23-18(22-16)21-13-7-9-19-10-8-13;/h1-11H,12H2,(H2,19,20,21,22,23);1H. The number of nitrogens with zero attached hydrogens (tertiary/aromatic N) is 3. The molecule has 0 saturated carbocycles. The number of furan rings is 1. The Labute approximate surface area is 150 Å². The van der Waals surface area contributed by atoms with Crippen LogP contribution >= 0.6 is 12.4 Å². The van der Waals surface area contributed by atoms with Crippen LogP contribution in [0.1, 0.15) is 5.76 Å². The largest absolute Gasteiger partial charge is 0.467 e. The van der Waals surface area contributed by atoms with E-state index in [0.29, 0.717) is 12.5 Å². The predicted octanol–water partition coefficient (Wildman–Crippen LogP) is 4.40. The molecular formula is C18H16ClN5O. The first kappa shape index (κ1) is 16.7. The van der Waals surface area contributed by atoms with Crippen LogP contribution in [-0.2, 0) is 6.54 Å². The summed E-state index contributed by atoms with van der Waals surface area (Å²) in [6, 6.07) is 15.4. The molecule has 3 heterocycles. The molecule has 1 aromatic carbocycles. The van der Waals surface area contributed by atoms with Crippen LogP contribution in [0.25, 0.3) is 10.9 Å². The van der Waals surface area contributed by atoms with Crippen molar-refractivity contribution < 1.29 is 4.42 Å². The summed E-state index contributed by atoms with van der Waals surface area (Å²) < 4.78 is 5.36. The van der Waals surface area contributed by atoms with Gasteiger partial charge in [-0.25, -0.2) is 4.98 Å². The Morgan fingerprint density at radius 3 is 2.56 bits per heavy atom. The zero-order chi connectivity index (χ0) is 16.2. The summed E-state index contributed by atoms with van der Waals surface area (Å²) in [5.74, 6) is 2.14. The van der Waals surface area contributed by atoms with E-state index in [1.54, 1.807) is 18.7 Å². The number of aromatic nitrogens is 3. The van der Waals surface area contributed by atoms with Crippen LogP contribution in [0.15, 0.2) is 71.6 Å². The van der Waals surface area contributed by atoms with Crippen LogP contribution in [0.4, 0.5) is 17.5 Å². The number of hydrogen-bond donors (Lipinski definition) is 2. The fourth-order valence-corrected chi connectivity index (χ4v) is 2.42. The minimum Gasteiger partial charge on any atom is -0.467 e. The normalized spacial score (nSPS) is 10.2. The zero-order valence-corrected chi connectivity index (χ0v) is 14.0. The quantitative estimate of drug-likeness (QED) is 0.554. The predicted molar refractivity (Wildman–Crippen MR) is 100 cm³/mol. The Balaban J connectivity index is 0.00000182. The Morgan fingerprint density at radius 2 is 1.76 bits per heavy atom. The topological polar surface area (TPSA) is 75.9 Å². The minimum absolute atomic E-state index is 0. The fourth-order valence-electron chi connectivity index (χ4n) is 2.42. The fraction of sp³-hybridized carbons (Fsp3) is 0.0556. The van der Waals surface area contributed by atoms with Crippen LogP contribution in [0.2, 0.25) is 0 Å². The third-order valence-corrected chi connectivity index (χ3v) is 3.55. The lowest BCUT2D eigenvalue weighted by molar-refractivity contribution is 0.518. The lowest BCUT2D eigenvalue weighted by atomic mass is 10.2. The molecule has 6 nitrogen and oxygen atoms in total. The van der Waals surface area contributed by atoms with Crippen molar-refractivity contribution in [3.8, 4) is 0 Å². The number of para-hydroxylation sites is 1. The van der Waals surface area contributed by atoms with E-state index in [1.165, 1.54) is 0 Å². The molecule has 7 heteroatoms. The van der Waals surface area contributed by atoms with Crippen molar-refractivity contribution in [1.29, 1.82) is 0 Å². The molecule has 4 aromatic rings. The van der Waals surface area contributed by atoms with Crippen LogP contribution in [0, 0.1) is 0 Å². The van der Waals surface area contributed by atoms with Gasteiger partial charge in [0, 0.05) is 23.5 Å². The van der Waals surface area contributed by atoms with Crippen LogP contribution in [0.3, 0.4) is 0 Å². The second kappa shape index (κ2) is 7.63. The van der Waals surface area contributed by atoms with Gasteiger partial charge in [0.2, 0.25) is 5.95 Å². The Kier molecular flexibility index (Phi) is 5.11. The minimum atomic E-state index is 0. The number of benzene rings is 1. The molecule has 0 spiro atoms. The first-order valence-corrected chi connectivity index (χ1v) is 7.58. The first-order valence-electron chi connectivity index (χ1n) is 7.58. The first-order chi connectivity index (χ1) is 11.9. The highest BCUT2D eigenvalue weighted by atomic mass is 35.5. The molecule has 0 aliphatic rings. The molecule has 0 aliphatic heterocycles. The average Bonchev–Trinajstić information content (AvgIpc) is 3.14. The summed E-state index contributed by atoms with van der Waals surface area (Å²) in [6.07, 6.45) is 5.10. The molecule has 0 amide bonds. The van der Waals surface area contributed by atoms with Gasteiger partial charge in [-0.2, -0.15) is 4.98 Å². The van der Waals surface area contributed by atoms with Crippen molar-refractivity contribution in [3.63, 3.8) is 0 Å². The van der Waals surface area contributed by atoms with E-state index in [9.17, 15) is 0 Å². The molecule has 126 valence electrons. The van der Waals surface area contributed by atoms with Crippen LogP contribution in [-0.4, -0.2) is 15.0 Å². The molecule has 0 radical (unpaired) electrons. The van der Waals surface area contributed by atoms with Crippen molar-refractivity contribution in [2.75, 3.05) is 10.6 Å². The Hall–Kier alpha value is -3.12. The number of hydrogen-bond acceptors (Lipinski definition) is 6. The van der Waals surface area contributed by atoms with E-state index in [-0.39, 0.29) is 12.4 Å². The average molecular weight is 354 g/mol. The van der Waals surface area contributed by atoms with Gasteiger partial charge < -0.3 is 15.1 Å². The number of anilines is 3. The molecule has 2 N–H and O–H groups in total. The third-order valence-electron chi connectivity index (χ3n) is 3.55. The van der Waals surface area contributed by atoms with Crippen LogP contribution < -0.4 is 10.6 Å². The lowest BCUT2D eigenvalue weighted by Crippen LogP contribution is -2.05. The summed E-state index contributed by atoms with van der Waals surface area (Å²) in [6.45, 7) is 0.558. The second-order valence-corrected chi connectivity index (χ2v) is 5.21. The van der Waals surface area contributed by atoms with Gasteiger partial charge >= 0.3 is 0 Å².